The van der Waals surface area contributed by atoms with Crippen molar-refractivity contribution >= 4 is 45.0 Å². The summed E-state index contributed by atoms with van der Waals surface area (Å²) >= 11 is 12.2. The van der Waals surface area contributed by atoms with E-state index in [2.05, 4.69) is 10.1 Å². The van der Waals surface area contributed by atoms with E-state index < -0.39 is 57.1 Å². The van der Waals surface area contributed by atoms with Crippen molar-refractivity contribution < 1.29 is 40.7 Å². The molecule has 2 aromatic rings. The Morgan fingerprint density at radius 1 is 1.10 bits per heavy atom. The highest BCUT2D eigenvalue weighted by molar-refractivity contribution is 7.92. The standard InChI is InChI=1S/C27H24Cl2F3N3O6S/c28-17-3-1-16(2-4-17)26(9-10-26)23(36)35-13-19(12-22(35)41-24(37)34-25(14-33)7-8-25)42(38,39)21-6-5-18(11-20(21)29)40-15-27(30,31)32/h1-6,11,19,22H,7-10,12-13,15H2,(H,34,37)/t19-,22+/m1/s1. The number of sulfone groups is 1. The third-order valence-corrected chi connectivity index (χ3v) is 10.5. The number of rotatable bonds is 8. The zero-order valence-electron chi connectivity index (χ0n) is 21.8. The predicted molar refractivity (Wildman–Crippen MR) is 144 cm³/mol. The average molecular weight is 646 g/mol. The highest BCUT2D eigenvalue weighted by atomic mass is 35.5. The molecule has 224 valence electrons. The van der Waals surface area contributed by atoms with Crippen LogP contribution in [0.2, 0.25) is 10.0 Å². The van der Waals surface area contributed by atoms with E-state index in [-0.39, 0.29) is 28.6 Å². The third-order valence-electron chi connectivity index (χ3n) is 7.63. The van der Waals surface area contributed by atoms with Crippen LogP contribution in [0.4, 0.5) is 18.0 Å². The number of nitrogens with zero attached hydrogens (tertiary/aromatic N) is 2. The van der Waals surface area contributed by atoms with Crippen molar-refractivity contribution in [2.24, 2.45) is 0 Å². The van der Waals surface area contributed by atoms with Gasteiger partial charge in [0, 0.05) is 24.1 Å². The van der Waals surface area contributed by atoms with E-state index >= 15 is 0 Å². The minimum atomic E-state index is -4.60. The molecular formula is C27H24Cl2F3N3O6S. The fourth-order valence-electron chi connectivity index (χ4n) is 4.99. The lowest BCUT2D eigenvalue weighted by atomic mass is 9.94. The smallest absolute Gasteiger partial charge is 0.422 e. The summed E-state index contributed by atoms with van der Waals surface area (Å²) in [5, 5.41) is 10.6. The highest BCUT2D eigenvalue weighted by Crippen LogP contribution is 2.51. The molecule has 2 saturated carbocycles. The van der Waals surface area contributed by atoms with Crippen LogP contribution in [0.1, 0.15) is 37.7 Å². The lowest BCUT2D eigenvalue weighted by molar-refractivity contribution is -0.153. The third kappa shape index (κ3) is 6.11. The number of alkyl carbamates (subject to hydrolysis) is 1. The number of hydrogen-bond donors (Lipinski definition) is 1. The summed E-state index contributed by atoms with van der Waals surface area (Å²) in [4.78, 5) is 27.5. The summed E-state index contributed by atoms with van der Waals surface area (Å²) in [5.74, 6) is -0.703. The van der Waals surface area contributed by atoms with Crippen molar-refractivity contribution in [3.63, 3.8) is 0 Å². The molecule has 15 heteroatoms. The Labute approximate surface area is 249 Å². The normalized spacial score (nSPS) is 22.1. The SMILES string of the molecule is N#CC1(NC(=O)O[C@H]2C[C@@H](S(=O)(=O)c3ccc(OCC(F)(F)F)cc3Cl)CN2C(=O)C2(c3ccc(Cl)cc3)CC2)CC1. The summed E-state index contributed by atoms with van der Waals surface area (Å²) in [7, 11) is -4.27. The number of hydrogen-bond acceptors (Lipinski definition) is 7. The molecule has 0 unspecified atom stereocenters. The fraction of sp³-hybridized carbons (Fsp3) is 0.444. The van der Waals surface area contributed by atoms with E-state index in [1.54, 1.807) is 24.3 Å². The van der Waals surface area contributed by atoms with Crippen LogP contribution in [0.3, 0.4) is 0 Å². The van der Waals surface area contributed by atoms with Gasteiger partial charge in [-0.15, -0.1) is 0 Å². The molecule has 0 bridgehead atoms. The van der Waals surface area contributed by atoms with Gasteiger partial charge in [-0.25, -0.2) is 13.2 Å². The molecule has 3 aliphatic rings. The number of alkyl halides is 3. The molecule has 2 aromatic carbocycles. The number of carbonyl (C=O) groups excluding carboxylic acids is 2. The lowest BCUT2D eigenvalue weighted by Gasteiger charge is -2.29. The molecule has 0 aromatic heterocycles. The largest absolute Gasteiger partial charge is 0.484 e. The number of halogens is 5. The number of nitrogens with one attached hydrogen (secondary N) is 1. The molecule has 2 aliphatic carbocycles. The summed E-state index contributed by atoms with van der Waals surface area (Å²) in [5.41, 5.74) is -1.31. The zero-order chi connectivity index (χ0) is 30.5. The molecule has 1 heterocycles. The molecule has 2 amide bonds. The Balaban J connectivity index is 1.40. The van der Waals surface area contributed by atoms with Crippen molar-refractivity contribution in [2.75, 3.05) is 13.2 Å². The van der Waals surface area contributed by atoms with Gasteiger partial charge >= 0.3 is 12.3 Å². The molecule has 1 saturated heterocycles. The van der Waals surface area contributed by atoms with Crippen LogP contribution >= 0.6 is 23.2 Å². The predicted octanol–water partition coefficient (Wildman–Crippen LogP) is 5.15. The first-order valence-corrected chi connectivity index (χ1v) is 15.2. The Morgan fingerprint density at radius 2 is 1.76 bits per heavy atom. The van der Waals surface area contributed by atoms with E-state index in [1.807, 2.05) is 6.07 Å². The van der Waals surface area contributed by atoms with Gasteiger partial charge in [-0.05, 0) is 55.5 Å². The zero-order valence-corrected chi connectivity index (χ0v) is 24.1. The second kappa shape index (κ2) is 10.8. The van der Waals surface area contributed by atoms with E-state index in [4.69, 9.17) is 27.9 Å². The molecule has 0 spiro atoms. The highest BCUT2D eigenvalue weighted by Gasteiger charge is 2.57. The Kier molecular flexibility index (Phi) is 7.79. The molecule has 9 nitrogen and oxygen atoms in total. The van der Waals surface area contributed by atoms with Crippen molar-refractivity contribution in [1.29, 1.82) is 5.26 Å². The molecule has 5 rings (SSSR count). The van der Waals surface area contributed by atoms with E-state index in [9.17, 15) is 36.4 Å². The molecule has 3 fully saturated rings. The van der Waals surface area contributed by atoms with Crippen LogP contribution in [0.5, 0.6) is 5.75 Å². The van der Waals surface area contributed by atoms with Gasteiger partial charge in [-0.1, -0.05) is 35.3 Å². The summed E-state index contributed by atoms with van der Waals surface area (Å²) in [6.07, 6.45) is -5.28. The van der Waals surface area contributed by atoms with Crippen LogP contribution in [-0.4, -0.2) is 61.7 Å². The molecule has 2 atom stereocenters. The van der Waals surface area contributed by atoms with E-state index in [0.29, 0.717) is 36.3 Å². The number of likely N-dealkylation sites (tertiary alicyclic amines) is 1. The molecular weight excluding hydrogens is 622 g/mol. The average Bonchev–Trinajstić information content (AvgIpc) is 3.84. The van der Waals surface area contributed by atoms with Gasteiger partial charge in [0.25, 0.3) is 0 Å². The van der Waals surface area contributed by atoms with E-state index in [1.165, 1.54) is 4.90 Å². The van der Waals surface area contributed by atoms with Crippen LogP contribution < -0.4 is 10.1 Å². The first kappa shape index (κ1) is 30.3. The number of amides is 2. The second-order valence-electron chi connectivity index (χ2n) is 10.6. The maximum atomic E-state index is 13.9. The van der Waals surface area contributed by atoms with Crippen LogP contribution in [0.15, 0.2) is 47.4 Å². The van der Waals surface area contributed by atoms with Gasteiger partial charge in [0.1, 0.15) is 11.3 Å². The van der Waals surface area contributed by atoms with Gasteiger partial charge in [-0.2, -0.15) is 18.4 Å². The van der Waals surface area contributed by atoms with Crippen molar-refractivity contribution in [3.8, 4) is 11.8 Å². The molecule has 0 radical (unpaired) electrons. The maximum Gasteiger partial charge on any atom is 0.422 e. The first-order chi connectivity index (χ1) is 19.7. The molecule has 1 N–H and O–H groups in total. The fourth-order valence-corrected chi connectivity index (χ4v) is 7.34. The van der Waals surface area contributed by atoms with Crippen molar-refractivity contribution in [3.05, 3.63) is 58.1 Å². The summed E-state index contributed by atoms with van der Waals surface area (Å²) < 4.78 is 75.1. The van der Waals surface area contributed by atoms with Crippen LogP contribution in [0, 0.1) is 11.3 Å². The number of benzene rings is 2. The topological polar surface area (TPSA) is 126 Å². The minimum absolute atomic E-state index is 0.275. The molecule has 42 heavy (non-hydrogen) atoms. The van der Waals surface area contributed by atoms with Crippen LogP contribution in [0.25, 0.3) is 0 Å². The Bertz CT molecular complexity index is 1550. The maximum absolute atomic E-state index is 13.9. The summed E-state index contributed by atoms with van der Waals surface area (Å²) in [6, 6.07) is 11.8. The van der Waals surface area contributed by atoms with Gasteiger partial charge in [0.15, 0.2) is 22.7 Å². The van der Waals surface area contributed by atoms with E-state index in [0.717, 1.165) is 18.2 Å². The monoisotopic (exact) mass is 645 g/mol. The quantitative estimate of drug-likeness (QED) is 0.421. The number of nitriles is 1. The van der Waals surface area contributed by atoms with Crippen molar-refractivity contribution in [1.82, 2.24) is 10.2 Å². The number of ether oxygens (including phenoxy) is 2. The second-order valence-corrected chi connectivity index (χ2v) is 13.7. The van der Waals surface area contributed by atoms with Gasteiger partial charge < -0.3 is 19.7 Å². The Hall–Kier alpha value is -3.21. The molecule has 1 aliphatic heterocycles. The summed E-state index contributed by atoms with van der Waals surface area (Å²) in [6.45, 7) is -1.92. The van der Waals surface area contributed by atoms with Gasteiger partial charge in [0.2, 0.25) is 5.91 Å². The number of carbonyl (C=O) groups is 2. The lowest BCUT2D eigenvalue weighted by Crippen LogP contribution is -2.46. The van der Waals surface area contributed by atoms with Gasteiger partial charge in [0.05, 0.1) is 26.7 Å². The Morgan fingerprint density at radius 3 is 2.31 bits per heavy atom. The minimum Gasteiger partial charge on any atom is -0.484 e. The van der Waals surface area contributed by atoms with Crippen molar-refractivity contribution in [2.45, 2.75) is 65.6 Å². The van der Waals surface area contributed by atoms with Gasteiger partial charge in [-0.3, -0.25) is 4.79 Å². The first-order valence-electron chi connectivity index (χ1n) is 12.9. The van der Waals surface area contributed by atoms with Crippen LogP contribution in [-0.2, 0) is 24.8 Å².